The number of aryl methyl sites for hydroxylation is 1. The van der Waals surface area contributed by atoms with Crippen molar-refractivity contribution in [3.8, 4) is 5.75 Å². The molecule has 1 aromatic carbocycles. The van der Waals surface area contributed by atoms with Crippen LogP contribution in [0.3, 0.4) is 0 Å². The second kappa shape index (κ2) is 8.73. The van der Waals surface area contributed by atoms with Crippen molar-refractivity contribution in [1.82, 2.24) is 0 Å². The Balaban J connectivity index is 2.27. The van der Waals surface area contributed by atoms with Crippen LogP contribution in [0.1, 0.15) is 61.4 Å². The van der Waals surface area contributed by atoms with Gasteiger partial charge in [-0.15, -0.1) is 0 Å². The van der Waals surface area contributed by atoms with Crippen molar-refractivity contribution in [1.29, 1.82) is 0 Å². The fourth-order valence-electron chi connectivity index (χ4n) is 2.00. The van der Waals surface area contributed by atoms with E-state index in [9.17, 15) is 4.79 Å². The lowest BCUT2D eigenvalue weighted by Gasteiger charge is -2.09. The predicted octanol–water partition coefficient (Wildman–Crippen LogP) is 4.55. The van der Waals surface area contributed by atoms with E-state index in [0.29, 0.717) is 12.2 Å². The van der Waals surface area contributed by atoms with Gasteiger partial charge in [-0.3, -0.25) is 4.79 Å². The van der Waals surface area contributed by atoms with Crippen molar-refractivity contribution in [2.24, 2.45) is 0 Å². The number of carbonyl (C=O) groups is 1. The normalized spacial score (nSPS) is 10.3. The minimum atomic E-state index is 0.684. The summed E-state index contributed by atoms with van der Waals surface area (Å²) in [6, 6.07) is 5.73. The van der Waals surface area contributed by atoms with E-state index >= 15 is 0 Å². The van der Waals surface area contributed by atoms with Crippen LogP contribution in [0.4, 0.5) is 0 Å². The molecule has 0 unspecified atom stereocenters. The monoisotopic (exact) mass is 248 g/mol. The zero-order valence-electron chi connectivity index (χ0n) is 11.6. The van der Waals surface area contributed by atoms with E-state index in [1.54, 1.807) is 0 Å². The number of rotatable bonds is 9. The fraction of sp³-hybridized carbons (Fsp3) is 0.562. The molecule has 2 nitrogen and oxygen atoms in total. The Labute approximate surface area is 110 Å². The van der Waals surface area contributed by atoms with Crippen LogP contribution in [0, 0.1) is 6.92 Å². The molecule has 2 heteroatoms. The first-order valence-corrected chi connectivity index (χ1v) is 6.97. The maximum Gasteiger partial charge on any atom is 0.154 e. The van der Waals surface area contributed by atoms with Crippen molar-refractivity contribution >= 4 is 6.29 Å². The Kier molecular flexibility index (Phi) is 7.16. The van der Waals surface area contributed by atoms with Crippen molar-refractivity contribution < 1.29 is 9.53 Å². The smallest absolute Gasteiger partial charge is 0.154 e. The lowest BCUT2D eigenvalue weighted by molar-refractivity contribution is 0.111. The van der Waals surface area contributed by atoms with E-state index in [2.05, 4.69) is 6.92 Å². The third kappa shape index (κ3) is 4.91. The average Bonchev–Trinajstić information content (AvgIpc) is 2.38. The summed E-state index contributed by atoms with van der Waals surface area (Å²) in [5, 5.41) is 0. The van der Waals surface area contributed by atoms with Gasteiger partial charge in [0.05, 0.1) is 12.2 Å². The van der Waals surface area contributed by atoms with Crippen molar-refractivity contribution in [2.75, 3.05) is 6.61 Å². The zero-order valence-corrected chi connectivity index (χ0v) is 11.6. The summed E-state index contributed by atoms with van der Waals surface area (Å²) in [4.78, 5) is 11.0. The maximum atomic E-state index is 11.0. The molecule has 18 heavy (non-hydrogen) atoms. The van der Waals surface area contributed by atoms with Gasteiger partial charge in [0.25, 0.3) is 0 Å². The quantitative estimate of drug-likeness (QED) is 0.473. The average molecular weight is 248 g/mol. The van der Waals surface area contributed by atoms with Crippen LogP contribution in [-0.2, 0) is 0 Å². The van der Waals surface area contributed by atoms with Crippen LogP contribution in [0.5, 0.6) is 5.75 Å². The summed E-state index contributed by atoms with van der Waals surface area (Å²) in [6.45, 7) is 4.86. The van der Waals surface area contributed by atoms with E-state index in [4.69, 9.17) is 4.74 Å². The SMILES string of the molecule is CCCCCCCCOc1cccc(C)c1C=O. The van der Waals surface area contributed by atoms with E-state index < -0.39 is 0 Å². The first kappa shape index (κ1) is 14.7. The highest BCUT2D eigenvalue weighted by atomic mass is 16.5. The van der Waals surface area contributed by atoms with Crippen molar-refractivity contribution in [3.05, 3.63) is 29.3 Å². The third-order valence-electron chi connectivity index (χ3n) is 3.16. The van der Waals surface area contributed by atoms with Crippen LogP contribution < -0.4 is 4.74 Å². The van der Waals surface area contributed by atoms with Gasteiger partial charge >= 0.3 is 0 Å². The van der Waals surface area contributed by atoms with Gasteiger partial charge in [0.15, 0.2) is 6.29 Å². The van der Waals surface area contributed by atoms with Gasteiger partial charge in [0, 0.05) is 0 Å². The predicted molar refractivity (Wildman–Crippen MR) is 75.4 cm³/mol. The fourth-order valence-corrected chi connectivity index (χ4v) is 2.00. The minimum Gasteiger partial charge on any atom is -0.493 e. The van der Waals surface area contributed by atoms with E-state index in [-0.39, 0.29) is 0 Å². The molecule has 100 valence electrons. The number of aldehydes is 1. The van der Waals surface area contributed by atoms with Crippen LogP contribution >= 0.6 is 0 Å². The van der Waals surface area contributed by atoms with Gasteiger partial charge in [0.2, 0.25) is 0 Å². The molecule has 0 N–H and O–H groups in total. The van der Waals surface area contributed by atoms with Gasteiger partial charge in [-0.2, -0.15) is 0 Å². The first-order chi connectivity index (χ1) is 8.79. The lowest BCUT2D eigenvalue weighted by atomic mass is 10.1. The summed E-state index contributed by atoms with van der Waals surface area (Å²) in [6.07, 6.45) is 8.37. The van der Waals surface area contributed by atoms with Gasteiger partial charge in [-0.05, 0) is 25.0 Å². The topological polar surface area (TPSA) is 26.3 Å². The molecule has 0 aliphatic carbocycles. The molecular formula is C16H24O2. The highest BCUT2D eigenvalue weighted by molar-refractivity contribution is 5.81. The summed E-state index contributed by atoms with van der Waals surface area (Å²) in [5.74, 6) is 0.721. The second-order valence-corrected chi connectivity index (χ2v) is 4.72. The molecule has 0 aliphatic rings. The molecule has 0 heterocycles. The Morgan fingerprint density at radius 2 is 1.83 bits per heavy atom. The molecule has 0 radical (unpaired) electrons. The standard InChI is InChI=1S/C16H24O2/c1-3-4-5-6-7-8-12-18-16-11-9-10-14(2)15(16)13-17/h9-11,13H,3-8,12H2,1-2H3. The van der Waals surface area contributed by atoms with Gasteiger partial charge in [0.1, 0.15) is 5.75 Å². The number of unbranched alkanes of at least 4 members (excludes halogenated alkanes) is 5. The van der Waals surface area contributed by atoms with Crippen LogP contribution in [0.15, 0.2) is 18.2 Å². The van der Waals surface area contributed by atoms with E-state index in [1.165, 1.54) is 32.1 Å². The maximum absolute atomic E-state index is 11.0. The first-order valence-electron chi connectivity index (χ1n) is 6.97. The highest BCUT2D eigenvalue weighted by Gasteiger charge is 2.04. The zero-order chi connectivity index (χ0) is 13.2. The summed E-state index contributed by atoms with van der Waals surface area (Å²) in [5.41, 5.74) is 1.66. The lowest BCUT2D eigenvalue weighted by Crippen LogP contribution is -2.01. The molecule has 0 amide bonds. The summed E-state index contributed by atoms with van der Waals surface area (Å²) in [7, 11) is 0. The summed E-state index contributed by atoms with van der Waals surface area (Å²) >= 11 is 0. The highest BCUT2D eigenvalue weighted by Crippen LogP contribution is 2.20. The molecule has 0 saturated carbocycles. The Hall–Kier alpha value is -1.31. The minimum absolute atomic E-state index is 0.684. The molecule has 1 rings (SSSR count). The second-order valence-electron chi connectivity index (χ2n) is 4.72. The molecule has 0 fully saturated rings. The van der Waals surface area contributed by atoms with Crippen LogP contribution in [-0.4, -0.2) is 12.9 Å². The third-order valence-corrected chi connectivity index (χ3v) is 3.16. The van der Waals surface area contributed by atoms with Crippen LogP contribution in [0.2, 0.25) is 0 Å². The number of benzene rings is 1. The molecule has 0 atom stereocenters. The molecule has 0 aromatic heterocycles. The molecule has 0 aliphatic heterocycles. The molecule has 0 saturated heterocycles. The number of carbonyl (C=O) groups excluding carboxylic acids is 1. The Morgan fingerprint density at radius 3 is 2.56 bits per heavy atom. The van der Waals surface area contributed by atoms with Gasteiger partial charge in [-0.25, -0.2) is 0 Å². The van der Waals surface area contributed by atoms with Crippen molar-refractivity contribution in [3.63, 3.8) is 0 Å². The Morgan fingerprint density at radius 1 is 1.11 bits per heavy atom. The van der Waals surface area contributed by atoms with Gasteiger partial charge < -0.3 is 4.74 Å². The largest absolute Gasteiger partial charge is 0.493 e. The van der Waals surface area contributed by atoms with Crippen LogP contribution in [0.25, 0.3) is 0 Å². The molecule has 0 bridgehead atoms. The van der Waals surface area contributed by atoms with E-state index in [1.807, 2.05) is 25.1 Å². The number of hydrogen-bond acceptors (Lipinski definition) is 2. The van der Waals surface area contributed by atoms with E-state index in [0.717, 1.165) is 24.0 Å². The van der Waals surface area contributed by atoms with Crippen molar-refractivity contribution in [2.45, 2.75) is 52.4 Å². The summed E-state index contributed by atoms with van der Waals surface area (Å²) < 4.78 is 5.68. The molecule has 1 aromatic rings. The molecule has 0 spiro atoms. The number of hydrogen-bond donors (Lipinski definition) is 0. The number of ether oxygens (including phenoxy) is 1. The molecular weight excluding hydrogens is 224 g/mol. The van der Waals surface area contributed by atoms with Gasteiger partial charge in [-0.1, -0.05) is 51.2 Å². The Bertz CT molecular complexity index is 358.